The third-order valence-corrected chi connectivity index (χ3v) is 6.13. The minimum atomic E-state index is -3.42. The lowest BCUT2D eigenvalue weighted by atomic mass is 10.2. The number of nitrogens with zero attached hydrogens (tertiary/aromatic N) is 1. The molecule has 0 unspecified atom stereocenters. The lowest BCUT2D eigenvalue weighted by molar-refractivity contribution is -0.121. The molecule has 0 aliphatic heterocycles. The Morgan fingerprint density at radius 3 is 2.31 bits per heavy atom. The van der Waals surface area contributed by atoms with E-state index in [1.54, 1.807) is 38.5 Å². The second kappa shape index (κ2) is 10.7. The quantitative estimate of drug-likeness (QED) is 0.476. The molecule has 2 aromatic carbocycles. The molecule has 0 aliphatic rings. The normalized spacial score (nSPS) is 11.0. The summed E-state index contributed by atoms with van der Waals surface area (Å²) in [4.78, 5) is 12.2. The summed E-state index contributed by atoms with van der Waals surface area (Å²) >= 11 is 2.16. The predicted molar refractivity (Wildman–Crippen MR) is 122 cm³/mol. The first-order valence-electron chi connectivity index (χ1n) is 8.95. The number of carbonyl (C=O) groups is 1. The topological polar surface area (TPSA) is 84.9 Å². The lowest BCUT2D eigenvalue weighted by Crippen LogP contribution is -2.32. The van der Waals surface area contributed by atoms with Crippen molar-refractivity contribution in [2.45, 2.75) is 19.4 Å². The molecule has 0 aromatic heterocycles. The summed E-state index contributed by atoms with van der Waals surface area (Å²) in [6.07, 6.45) is 1.81. The van der Waals surface area contributed by atoms with Gasteiger partial charge in [0.25, 0.3) is 0 Å². The number of ether oxygens (including phenoxy) is 2. The standard InChI is InChI=1S/C20H25IN2O5S/c1-27-18-11-6-15(13-19(18)28-2)14-22-20(24)5-4-12-23(29(3,25)26)17-9-7-16(21)8-10-17/h6-11,13H,4-5,12,14H2,1-3H3,(H,22,24). The van der Waals surface area contributed by atoms with E-state index in [-0.39, 0.29) is 18.9 Å². The first-order valence-corrected chi connectivity index (χ1v) is 11.9. The summed E-state index contributed by atoms with van der Waals surface area (Å²) < 4.78 is 37.0. The van der Waals surface area contributed by atoms with Gasteiger partial charge in [0.05, 0.1) is 26.2 Å². The van der Waals surface area contributed by atoms with Gasteiger partial charge in [-0.05, 0) is 71.0 Å². The van der Waals surface area contributed by atoms with Gasteiger partial charge in [-0.1, -0.05) is 6.07 Å². The Balaban J connectivity index is 1.88. The highest BCUT2D eigenvalue weighted by molar-refractivity contribution is 14.1. The highest BCUT2D eigenvalue weighted by Crippen LogP contribution is 2.27. The van der Waals surface area contributed by atoms with Crippen molar-refractivity contribution in [1.29, 1.82) is 0 Å². The van der Waals surface area contributed by atoms with Crippen molar-refractivity contribution >= 4 is 44.2 Å². The zero-order valence-electron chi connectivity index (χ0n) is 16.6. The zero-order chi connectivity index (χ0) is 21.4. The summed E-state index contributed by atoms with van der Waals surface area (Å²) in [5.74, 6) is 1.08. The molecule has 0 spiro atoms. The van der Waals surface area contributed by atoms with E-state index in [0.29, 0.717) is 30.2 Å². The van der Waals surface area contributed by atoms with Crippen LogP contribution in [0.25, 0.3) is 0 Å². The maximum Gasteiger partial charge on any atom is 0.232 e. The molecule has 158 valence electrons. The van der Waals surface area contributed by atoms with E-state index in [1.807, 2.05) is 18.2 Å². The van der Waals surface area contributed by atoms with Crippen molar-refractivity contribution < 1.29 is 22.7 Å². The number of sulfonamides is 1. The van der Waals surface area contributed by atoms with Crippen LogP contribution < -0.4 is 19.1 Å². The molecule has 0 saturated carbocycles. The van der Waals surface area contributed by atoms with Gasteiger partial charge in [0.2, 0.25) is 15.9 Å². The van der Waals surface area contributed by atoms with Gasteiger partial charge >= 0.3 is 0 Å². The minimum absolute atomic E-state index is 0.143. The van der Waals surface area contributed by atoms with E-state index in [0.717, 1.165) is 9.13 Å². The summed E-state index contributed by atoms with van der Waals surface area (Å²) in [5.41, 5.74) is 1.48. The summed E-state index contributed by atoms with van der Waals surface area (Å²) in [5, 5.41) is 2.84. The third kappa shape index (κ3) is 7.07. The molecule has 1 N–H and O–H groups in total. The Kier molecular flexibility index (Phi) is 8.57. The molecule has 1 amide bonds. The number of rotatable bonds is 10. The van der Waals surface area contributed by atoms with E-state index >= 15 is 0 Å². The second-order valence-corrected chi connectivity index (χ2v) is 9.53. The van der Waals surface area contributed by atoms with E-state index in [4.69, 9.17) is 9.47 Å². The van der Waals surface area contributed by atoms with Crippen LogP contribution in [0.3, 0.4) is 0 Å². The number of anilines is 1. The molecule has 0 fully saturated rings. The van der Waals surface area contributed by atoms with Gasteiger partial charge in [0.1, 0.15) is 0 Å². The Hall–Kier alpha value is -2.01. The molecule has 7 nitrogen and oxygen atoms in total. The van der Waals surface area contributed by atoms with E-state index in [9.17, 15) is 13.2 Å². The largest absolute Gasteiger partial charge is 0.493 e. The van der Waals surface area contributed by atoms with Crippen molar-refractivity contribution in [2.75, 3.05) is 31.3 Å². The fourth-order valence-electron chi connectivity index (χ4n) is 2.76. The minimum Gasteiger partial charge on any atom is -0.493 e. The van der Waals surface area contributed by atoms with Gasteiger partial charge in [-0.2, -0.15) is 0 Å². The Morgan fingerprint density at radius 2 is 1.72 bits per heavy atom. The van der Waals surface area contributed by atoms with Gasteiger partial charge in [-0.3, -0.25) is 9.10 Å². The van der Waals surface area contributed by atoms with Gasteiger partial charge in [0, 0.05) is 23.1 Å². The number of amides is 1. The zero-order valence-corrected chi connectivity index (χ0v) is 19.6. The number of hydrogen-bond donors (Lipinski definition) is 1. The molecular formula is C20H25IN2O5S. The Bertz CT molecular complexity index is 932. The first-order chi connectivity index (χ1) is 13.7. The van der Waals surface area contributed by atoms with E-state index in [1.165, 1.54) is 10.6 Å². The molecule has 0 bridgehead atoms. The fourth-order valence-corrected chi connectivity index (χ4v) is 4.08. The highest BCUT2D eigenvalue weighted by Gasteiger charge is 2.17. The molecule has 2 rings (SSSR count). The number of hydrogen-bond acceptors (Lipinski definition) is 5. The van der Waals surface area contributed by atoms with Gasteiger partial charge in [0.15, 0.2) is 11.5 Å². The van der Waals surface area contributed by atoms with Crippen LogP contribution in [-0.4, -0.2) is 41.3 Å². The van der Waals surface area contributed by atoms with Crippen LogP contribution in [0.4, 0.5) is 5.69 Å². The Morgan fingerprint density at radius 1 is 1.07 bits per heavy atom. The maximum absolute atomic E-state index is 12.2. The molecule has 29 heavy (non-hydrogen) atoms. The number of benzene rings is 2. The van der Waals surface area contributed by atoms with Crippen LogP contribution >= 0.6 is 22.6 Å². The second-order valence-electron chi connectivity index (χ2n) is 6.38. The van der Waals surface area contributed by atoms with Crippen molar-refractivity contribution in [3.8, 4) is 11.5 Å². The Labute approximate surface area is 185 Å². The van der Waals surface area contributed by atoms with Gasteiger partial charge in [-0.25, -0.2) is 8.42 Å². The molecule has 0 saturated heterocycles. The smallest absolute Gasteiger partial charge is 0.232 e. The summed E-state index contributed by atoms with van der Waals surface area (Å²) in [7, 11) is -0.303. The van der Waals surface area contributed by atoms with Crippen molar-refractivity contribution in [2.24, 2.45) is 0 Å². The SMILES string of the molecule is COc1ccc(CNC(=O)CCCN(c2ccc(I)cc2)S(C)(=O)=O)cc1OC. The average Bonchev–Trinajstić information content (AvgIpc) is 2.69. The summed E-state index contributed by atoms with van der Waals surface area (Å²) in [6.45, 7) is 0.593. The van der Waals surface area contributed by atoms with Crippen LogP contribution in [0.15, 0.2) is 42.5 Å². The number of nitrogens with one attached hydrogen (secondary N) is 1. The van der Waals surface area contributed by atoms with Crippen molar-refractivity contribution in [3.05, 3.63) is 51.6 Å². The van der Waals surface area contributed by atoms with Gasteiger partial charge in [-0.15, -0.1) is 0 Å². The molecule has 0 heterocycles. The molecular weight excluding hydrogens is 507 g/mol. The maximum atomic E-state index is 12.2. The van der Waals surface area contributed by atoms with Crippen LogP contribution in [0.2, 0.25) is 0 Å². The van der Waals surface area contributed by atoms with Gasteiger partial charge < -0.3 is 14.8 Å². The number of carbonyl (C=O) groups excluding carboxylic acids is 1. The van der Waals surface area contributed by atoms with E-state index < -0.39 is 10.0 Å². The van der Waals surface area contributed by atoms with Crippen LogP contribution in [0.5, 0.6) is 11.5 Å². The predicted octanol–water partition coefficient (Wildman–Crippen LogP) is 3.17. The van der Waals surface area contributed by atoms with Crippen molar-refractivity contribution in [1.82, 2.24) is 5.32 Å². The van der Waals surface area contributed by atoms with Crippen LogP contribution in [0, 0.1) is 3.57 Å². The highest BCUT2D eigenvalue weighted by atomic mass is 127. The fraction of sp³-hybridized carbons (Fsp3) is 0.350. The molecule has 9 heteroatoms. The third-order valence-electron chi connectivity index (χ3n) is 4.22. The molecule has 0 atom stereocenters. The molecule has 0 aliphatic carbocycles. The van der Waals surface area contributed by atoms with Crippen LogP contribution in [-0.2, 0) is 21.4 Å². The lowest BCUT2D eigenvalue weighted by Gasteiger charge is -2.22. The van der Waals surface area contributed by atoms with Crippen LogP contribution in [0.1, 0.15) is 18.4 Å². The summed E-state index contributed by atoms with van der Waals surface area (Å²) in [6, 6.07) is 12.7. The monoisotopic (exact) mass is 532 g/mol. The van der Waals surface area contributed by atoms with E-state index in [2.05, 4.69) is 27.9 Å². The van der Waals surface area contributed by atoms with Crippen molar-refractivity contribution in [3.63, 3.8) is 0 Å². The average molecular weight is 532 g/mol. The number of methoxy groups -OCH3 is 2. The first kappa shape index (κ1) is 23.3. The molecule has 0 radical (unpaired) electrons. The molecule has 2 aromatic rings. The number of halogens is 1.